The summed E-state index contributed by atoms with van der Waals surface area (Å²) in [6.07, 6.45) is 7.29. The van der Waals surface area contributed by atoms with Gasteiger partial charge >= 0.3 is 6.09 Å². The number of fused-ring (bicyclic) bond motifs is 3. The molecule has 0 spiro atoms. The van der Waals surface area contributed by atoms with Crippen molar-refractivity contribution >= 4 is 31.7 Å². The lowest BCUT2D eigenvalue weighted by Crippen LogP contribution is -2.34. The standard InChI is InChI=1S/C48H67BN4O7/c1-6-50-45(55)22-16-30-59-38-25-23-35(44(32-38)58-5)33-53(49)29-28-51-46(56)26-24-36(48(2,3)4)31-37(54)17-10-8-7-9-15-27-52-47(57)60-34-43-41-20-13-11-18-39(41)40-19-12-14-21-42(40)43/h11-14,18-21,23,25,32,36,43H,6-10,15-17,22,24,26-31,33-34H2,1-5H3,(H,50,55)(H,51,56)(H,52,57)/t36-/m1/s1. The van der Waals surface area contributed by atoms with Crippen LogP contribution in [0.2, 0.25) is 0 Å². The van der Waals surface area contributed by atoms with Crippen LogP contribution in [-0.2, 0) is 25.7 Å². The fourth-order valence-corrected chi connectivity index (χ4v) is 7.72. The summed E-state index contributed by atoms with van der Waals surface area (Å²) in [6.45, 7) is 11.5. The number of benzene rings is 3. The predicted molar refractivity (Wildman–Crippen MR) is 238 cm³/mol. The molecule has 4 rings (SSSR count). The number of hydrogen-bond donors (Lipinski definition) is 3. The molecule has 2 radical (unpaired) electrons. The van der Waals surface area contributed by atoms with Gasteiger partial charge in [-0.25, -0.2) is 4.79 Å². The Labute approximate surface area is 359 Å². The first-order valence-electron chi connectivity index (χ1n) is 21.8. The molecule has 12 heteroatoms. The van der Waals surface area contributed by atoms with Gasteiger partial charge in [-0.1, -0.05) is 94.6 Å². The average molecular weight is 823 g/mol. The van der Waals surface area contributed by atoms with E-state index in [2.05, 4.69) is 61.0 Å². The molecule has 11 nitrogen and oxygen atoms in total. The number of amides is 3. The Kier molecular flexibility index (Phi) is 20.0. The highest BCUT2D eigenvalue weighted by Gasteiger charge is 2.29. The predicted octanol–water partition coefficient (Wildman–Crippen LogP) is 8.27. The molecule has 60 heavy (non-hydrogen) atoms. The van der Waals surface area contributed by atoms with E-state index in [1.807, 2.05) is 49.4 Å². The van der Waals surface area contributed by atoms with E-state index in [4.69, 9.17) is 22.2 Å². The Bertz CT molecular complexity index is 1780. The van der Waals surface area contributed by atoms with Gasteiger partial charge in [0, 0.05) is 76.0 Å². The van der Waals surface area contributed by atoms with Gasteiger partial charge in [0.15, 0.2) is 7.98 Å². The number of methoxy groups -OCH3 is 1. The van der Waals surface area contributed by atoms with Gasteiger partial charge in [0.1, 0.15) is 23.9 Å². The molecule has 0 saturated heterocycles. The van der Waals surface area contributed by atoms with Gasteiger partial charge in [-0.05, 0) is 72.3 Å². The van der Waals surface area contributed by atoms with E-state index in [1.54, 1.807) is 11.9 Å². The number of ketones is 1. The van der Waals surface area contributed by atoms with E-state index in [1.165, 1.54) is 22.3 Å². The topological polar surface area (TPSA) is 135 Å². The minimum Gasteiger partial charge on any atom is -0.496 e. The lowest BCUT2D eigenvalue weighted by atomic mass is 9.75. The molecule has 0 aliphatic heterocycles. The quantitative estimate of drug-likeness (QED) is 0.0517. The molecule has 0 saturated carbocycles. The molecule has 1 aliphatic rings. The third kappa shape index (κ3) is 16.0. The van der Waals surface area contributed by atoms with Crippen molar-refractivity contribution in [3.8, 4) is 22.6 Å². The number of ether oxygens (including phenoxy) is 3. The number of rotatable bonds is 27. The van der Waals surface area contributed by atoms with Crippen LogP contribution in [0.5, 0.6) is 11.5 Å². The summed E-state index contributed by atoms with van der Waals surface area (Å²) in [4.78, 5) is 51.5. The average Bonchev–Trinajstić information content (AvgIpc) is 3.54. The number of Topliss-reactive ketones (excluding diaryl/α,β-unsaturated/α-hetero) is 1. The van der Waals surface area contributed by atoms with Crippen molar-refractivity contribution in [2.24, 2.45) is 11.3 Å². The molecular weight excluding hydrogens is 755 g/mol. The summed E-state index contributed by atoms with van der Waals surface area (Å²) in [6, 6.07) is 22.2. The Morgan fingerprint density at radius 2 is 1.45 bits per heavy atom. The minimum absolute atomic E-state index is 0.0156. The van der Waals surface area contributed by atoms with E-state index in [0.29, 0.717) is 96.0 Å². The van der Waals surface area contributed by atoms with Crippen molar-refractivity contribution in [3.63, 3.8) is 0 Å². The summed E-state index contributed by atoms with van der Waals surface area (Å²) in [5.41, 5.74) is 5.59. The summed E-state index contributed by atoms with van der Waals surface area (Å²) >= 11 is 0. The van der Waals surface area contributed by atoms with Gasteiger partial charge in [0.05, 0.1) is 13.7 Å². The molecule has 1 atom stereocenters. The number of nitrogens with zero attached hydrogens (tertiary/aromatic N) is 1. The van der Waals surface area contributed by atoms with E-state index < -0.39 is 0 Å². The first-order valence-corrected chi connectivity index (χ1v) is 21.8. The molecular formula is C48H67BN4O7. The van der Waals surface area contributed by atoms with E-state index in [-0.39, 0.29) is 40.9 Å². The van der Waals surface area contributed by atoms with Crippen LogP contribution in [0, 0.1) is 11.3 Å². The number of carbonyl (C=O) groups excluding carboxylic acids is 4. The van der Waals surface area contributed by atoms with Crippen LogP contribution in [-0.4, -0.2) is 83.0 Å². The van der Waals surface area contributed by atoms with Crippen LogP contribution in [0.15, 0.2) is 66.7 Å². The molecule has 0 heterocycles. The Hall–Kier alpha value is -4.84. The maximum atomic E-state index is 13.0. The summed E-state index contributed by atoms with van der Waals surface area (Å²) < 4.78 is 17.0. The van der Waals surface area contributed by atoms with Gasteiger partial charge in [0.2, 0.25) is 11.8 Å². The first-order chi connectivity index (χ1) is 28.9. The molecule has 0 aromatic heterocycles. The second-order valence-electron chi connectivity index (χ2n) is 16.8. The number of unbranched alkanes of at least 4 members (excludes halogenated alkanes) is 4. The van der Waals surface area contributed by atoms with E-state index in [0.717, 1.165) is 37.7 Å². The largest absolute Gasteiger partial charge is 0.496 e. The zero-order chi connectivity index (χ0) is 43.3. The normalized spacial score (nSPS) is 12.6. The second kappa shape index (κ2) is 25.1. The molecule has 0 fully saturated rings. The zero-order valence-electron chi connectivity index (χ0n) is 36.6. The molecule has 3 aromatic carbocycles. The van der Waals surface area contributed by atoms with Crippen LogP contribution in [0.1, 0.15) is 121 Å². The molecule has 3 amide bonds. The van der Waals surface area contributed by atoms with Crippen molar-refractivity contribution in [2.45, 2.75) is 111 Å². The van der Waals surface area contributed by atoms with Crippen molar-refractivity contribution in [3.05, 3.63) is 83.4 Å². The van der Waals surface area contributed by atoms with Crippen molar-refractivity contribution < 1.29 is 33.4 Å². The van der Waals surface area contributed by atoms with Crippen LogP contribution in [0.3, 0.4) is 0 Å². The van der Waals surface area contributed by atoms with Crippen LogP contribution >= 0.6 is 0 Å². The van der Waals surface area contributed by atoms with Crippen LogP contribution in [0.4, 0.5) is 4.79 Å². The lowest BCUT2D eigenvalue weighted by Gasteiger charge is -2.30. The van der Waals surface area contributed by atoms with Crippen molar-refractivity contribution in [1.82, 2.24) is 20.8 Å². The first kappa shape index (κ1) is 47.8. The van der Waals surface area contributed by atoms with Crippen molar-refractivity contribution in [2.75, 3.05) is 46.5 Å². The molecule has 1 aliphatic carbocycles. The van der Waals surface area contributed by atoms with Gasteiger partial charge in [0.25, 0.3) is 0 Å². The highest BCUT2D eigenvalue weighted by molar-refractivity contribution is 6.04. The van der Waals surface area contributed by atoms with E-state index in [9.17, 15) is 19.2 Å². The van der Waals surface area contributed by atoms with E-state index >= 15 is 0 Å². The van der Waals surface area contributed by atoms with Gasteiger partial charge < -0.3 is 35.0 Å². The number of alkyl carbamates (subject to hydrolysis) is 1. The number of nitrogens with one attached hydrogen (secondary N) is 3. The molecule has 3 aromatic rings. The Balaban J connectivity index is 1.04. The summed E-state index contributed by atoms with van der Waals surface area (Å²) in [7, 11) is 7.88. The number of carbonyl (C=O) groups is 4. The van der Waals surface area contributed by atoms with Gasteiger partial charge in [-0.15, -0.1) is 0 Å². The molecule has 0 bridgehead atoms. The maximum Gasteiger partial charge on any atom is 0.407 e. The van der Waals surface area contributed by atoms with Crippen LogP contribution in [0.25, 0.3) is 11.1 Å². The summed E-state index contributed by atoms with van der Waals surface area (Å²) in [5.74, 6) is 1.66. The smallest absolute Gasteiger partial charge is 0.407 e. The molecule has 0 unspecified atom stereocenters. The van der Waals surface area contributed by atoms with Crippen LogP contribution < -0.4 is 25.4 Å². The number of hydrogen-bond acceptors (Lipinski definition) is 8. The summed E-state index contributed by atoms with van der Waals surface area (Å²) in [5, 5.41) is 8.65. The molecule has 324 valence electrons. The van der Waals surface area contributed by atoms with Crippen molar-refractivity contribution in [1.29, 1.82) is 0 Å². The lowest BCUT2D eigenvalue weighted by molar-refractivity contribution is -0.123. The highest BCUT2D eigenvalue weighted by atomic mass is 16.5. The van der Waals surface area contributed by atoms with Gasteiger partial charge in [-0.3, -0.25) is 14.4 Å². The highest BCUT2D eigenvalue weighted by Crippen LogP contribution is 2.44. The maximum absolute atomic E-state index is 13.0. The monoisotopic (exact) mass is 823 g/mol. The second-order valence-corrected chi connectivity index (χ2v) is 16.8. The third-order valence-corrected chi connectivity index (χ3v) is 11.2. The molecule has 3 N–H and O–H groups in total. The fraction of sp³-hybridized carbons (Fsp3) is 0.542. The fourth-order valence-electron chi connectivity index (χ4n) is 7.72. The SMILES string of the molecule is [B]N(CCNC(=O)CC[C@H](CC(=O)CCCCCCCNC(=O)OCC1c2ccccc2-c2ccccc21)C(C)(C)C)Cc1ccc(OCCCC(=O)NCC)cc1OC. The third-order valence-electron chi connectivity index (χ3n) is 11.2. The Morgan fingerprint density at radius 1 is 0.783 bits per heavy atom. The van der Waals surface area contributed by atoms with Gasteiger partial charge in [-0.2, -0.15) is 0 Å². The Morgan fingerprint density at radius 3 is 2.13 bits per heavy atom. The zero-order valence-corrected chi connectivity index (χ0v) is 36.6. The minimum atomic E-state index is -0.388.